The quantitative estimate of drug-likeness (QED) is 0.817. The van der Waals surface area contributed by atoms with E-state index in [1.165, 1.54) is 37.0 Å². The Morgan fingerprint density at radius 3 is 2.93 bits per heavy atom. The van der Waals surface area contributed by atoms with E-state index in [-0.39, 0.29) is 5.91 Å². The van der Waals surface area contributed by atoms with Crippen molar-refractivity contribution in [3.05, 3.63) is 22.4 Å². The molecule has 1 aromatic heterocycles. The van der Waals surface area contributed by atoms with Crippen LogP contribution in [0, 0.1) is 11.8 Å². The summed E-state index contributed by atoms with van der Waals surface area (Å²) in [4.78, 5) is 12.7. The highest BCUT2D eigenvalue weighted by atomic mass is 32.1. The third kappa shape index (κ3) is 1.69. The highest BCUT2D eigenvalue weighted by Gasteiger charge is 2.40. The van der Waals surface area contributed by atoms with Crippen molar-refractivity contribution < 1.29 is 4.79 Å². The number of rotatable bonds is 2. The lowest BCUT2D eigenvalue weighted by molar-refractivity contribution is 0.0927. The van der Waals surface area contributed by atoms with Crippen LogP contribution in [0.2, 0.25) is 0 Å². The molecule has 1 aromatic rings. The standard InChI is InChI=1S/C12H15NOS/c14-12(11-2-1-5-15-11)13-10-7-8-3-4-9(10)6-8/h1-2,5,8-10H,3-4,6-7H2,(H,13,14)/t8-,9+,10?/m1/s1. The number of thiophene rings is 1. The number of hydrogen-bond acceptors (Lipinski definition) is 2. The summed E-state index contributed by atoms with van der Waals surface area (Å²) in [6.45, 7) is 0. The molecule has 0 aliphatic heterocycles. The predicted molar refractivity (Wildman–Crippen MR) is 61.0 cm³/mol. The Morgan fingerprint density at radius 1 is 1.40 bits per heavy atom. The van der Waals surface area contributed by atoms with Crippen LogP contribution in [-0.4, -0.2) is 11.9 Å². The van der Waals surface area contributed by atoms with Crippen molar-refractivity contribution in [1.82, 2.24) is 5.32 Å². The summed E-state index contributed by atoms with van der Waals surface area (Å²) in [6, 6.07) is 4.28. The van der Waals surface area contributed by atoms with Crippen LogP contribution in [0.25, 0.3) is 0 Å². The van der Waals surface area contributed by atoms with Gasteiger partial charge in [-0.1, -0.05) is 12.5 Å². The molecule has 2 bridgehead atoms. The van der Waals surface area contributed by atoms with E-state index in [0.29, 0.717) is 6.04 Å². The molecule has 3 rings (SSSR count). The third-order valence-corrected chi connectivity index (χ3v) is 4.67. The normalized spacial score (nSPS) is 33.2. The van der Waals surface area contributed by atoms with Gasteiger partial charge < -0.3 is 5.32 Å². The molecular formula is C12H15NOS. The highest BCUT2D eigenvalue weighted by Crippen LogP contribution is 2.44. The second-order valence-corrected chi connectivity index (χ2v) is 5.68. The van der Waals surface area contributed by atoms with E-state index < -0.39 is 0 Å². The van der Waals surface area contributed by atoms with E-state index in [4.69, 9.17) is 0 Å². The molecule has 3 heteroatoms. The Morgan fingerprint density at radius 2 is 2.33 bits per heavy atom. The Hall–Kier alpha value is -0.830. The molecule has 1 N–H and O–H groups in total. The Kier molecular flexibility index (Phi) is 2.28. The van der Waals surface area contributed by atoms with Crippen molar-refractivity contribution in [1.29, 1.82) is 0 Å². The van der Waals surface area contributed by atoms with Gasteiger partial charge in [-0.25, -0.2) is 0 Å². The number of carbonyl (C=O) groups is 1. The molecule has 0 radical (unpaired) electrons. The number of fused-ring (bicyclic) bond motifs is 2. The second-order valence-electron chi connectivity index (χ2n) is 4.73. The van der Waals surface area contributed by atoms with Crippen molar-refractivity contribution in [3.63, 3.8) is 0 Å². The molecule has 15 heavy (non-hydrogen) atoms. The highest BCUT2D eigenvalue weighted by molar-refractivity contribution is 7.12. The van der Waals surface area contributed by atoms with Gasteiger partial charge in [-0.2, -0.15) is 0 Å². The van der Waals surface area contributed by atoms with Gasteiger partial charge in [0.05, 0.1) is 4.88 Å². The van der Waals surface area contributed by atoms with E-state index in [9.17, 15) is 4.79 Å². The lowest BCUT2D eigenvalue weighted by atomic mass is 9.95. The molecule has 0 saturated heterocycles. The zero-order valence-corrected chi connectivity index (χ0v) is 9.43. The fraction of sp³-hybridized carbons (Fsp3) is 0.583. The molecule has 1 amide bonds. The smallest absolute Gasteiger partial charge is 0.261 e. The molecule has 1 unspecified atom stereocenters. The van der Waals surface area contributed by atoms with Crippen LogP contribution < -0.4 is 5.32 Å². The summed E-state index contributed by atoms with van der Waals surface area (Å²) >= 11 is 1.52. The number of nitrogens with one attached hydrogen (secondary N) is 1. The van der Waals surface area contributed by atoms with Crippen molar-refractivity contribution >= 4 is 17.2 Å². The SMILES string of the molecule is O=C(NC1C[C@@H]2CC[C@H]1C2)c1cccs1. The zero-order valence-electron chi connectivity index (χ0n) is 8.61. The number of amides is 1. The molecule has 1 heterocycles. The predicted octanol–water partition coefficient (Wildman–Crippen LogP) is 2.67. The number of carbonyl (C=O) groups excluding carboxylic acids is 1. The molecule has 2 aliphatic rings. The minimum atomic E-state index is 0.127. The lowest BCUT2D eigenvalue weighted by Gasteiger charge is -2.22. The summed E-state index contributed by atoms with van der Waals surface area (Å²) in [5.74, 6) is 1.78. The summed E-state index contributed by atoms with van der Waals surface area (Å²) in [7, 11) is 0. The van der Waals surface area contributed by atoms with Crippen molar-refractivity contribution in [2.24, 2.45) is 11.8 Å². The van der Waals surface area contributed by atoms with E-state index in [0.717, 1.165) is 16.7 Å². The maximum absolute atomic E-state index is 11.8. The molecule has 2 saturated carbocycles. The van der Waals surface area contributed by atoms with Gasteiger partial charge in [0.1, 0.15) is 0 Å². The van der Waals surface area contributed by atoms with Crippen LogP contribution in [0.15, 0.2) is 17.5 Å². The van der Waals surface area contributed by atoms with Gasteiger partial charge in [-0.05, 0) is 42.5 Å². The molecular weight excluding hydrogens is 206 g/mol. The van der Waals surface area contributed by atoms with Crippen LogP contribution in [-0.2, 0) is 0 Å². The fourth-order valence-corrected chi connectivity index (χ4v) is 3.70. The minimum Gasteiger partial charge on any atom is -0.348 e. The molecule has 2 fully saturated rings. The first-order chi connectivity index (χ1) is 7.33. The first kappa shape index (κ1) is 9.40. The van der Waals surface area contributed by atoms with Gasteiger partial charge in [0.2, 0.25) is 0 Å². The van der Waals surface area contributed by atoms with Gasteiger partial charge in [-0.15, -0.1) is 11.3 Å². The van der Waals surface area contributed by atoms with Crippen LogP contribution in [0.5, 0.6) is 0 Å². The Balaban J connectivity index is 1.64. The lowest BCUT2D eigenvalue weighted by Crippen LogP contribution is -2.38. The summed E-state index contributed by atoms with van der Waals surface area (Å²) < 4.78 is 0. The van der Waals surface area contributed by atoms with Crippen molar-refractivity contribution in [3.8, 4) is 0 Å². The Labute approximate surface area is 93.7 Å². The van der Waals surface area contributed by atoms with E-state index in [2.05, 4.69) is 5.32 Å². The van der Waals surface area contributed by atoms with Gasteiger partial charge in [-0.3, -0.25) is 4.79 Å². The van der Waals surface area contributed by atoms with Crippen LogP contribution in [0.1, 0.15) is 35.4 Å². The molecule has 80 valence electrons. The zero-order chi connectivity index (χ0) is 10.3. The Bertz CT molecular complexity index is 360. The average molecular weight is 221 g/mol. The van der Waals surface area contributed by atoms with E-state index in [1.807, 2.05) is 17.5 Å². The maximum atomic E-state index is 11.8. The number of hydrogen-bond donors (Lipinski definition) is 1. The van der Waals surface area contributed by atoms with Gasteiger partial charge in [0.15, 0.2) is 0 Å². The van der Waals surface area contributed by atoms with Crippen LogP contribution in [0.4, 0.5) is 0 Å². The summed E-state index contributed by atoms with van der Waals surface area (Å²) in [5.41, 5.74) is 0. The van der Waals surface area contributed by atoms with E-state index in [1.54, 1.807) is 0 Å². The largest absolute Gasteiger partial charge is 0.348 e. The molecule has 3 atom stereocenters. The first-order valence-electron chi connectivity index (χ1n) is 5.67. The van der Waals surface area contributed by atoms with Crippen molar-refractivity contribution in [2.45, 2.75) is 31.7 Å². The van der Waals surface area contributed by atoms with Crippen LogP contribution >= 0.6 is 11.3 Å². The maximum Gasteiger partial charge on any atom is 0.261 e. The average Bonchev–Trinajstić information content (AvgIpc) is 2.95. The molecule has 2 nitrogen and oxygen atoms in total. The monoisotopic (exact) mass is 221 g/mol. The molecule has 2 aliphatic carbocycles. The minimum absolute atomic E-state index is 0.127. The van der Waals surface area contributed by atoms with Crippen molar-refractivity contribution in [2.75, 3.05) is 0 Å². The van der Waals surface area contributed by atoms with Gasteiger partial charge >= 0.3 is 0 Å². The third-order valence-electron chi connectivity index (χ3n) is 3.80. The first-order valence-corrected chi connectivity index (χ1v) is 6.55. The van der Waals surface area contributed by atoms with Crippen LogP contribution in [0.3, 0.4) is 0 Å². The second kappa shape index (κ2) is 3.63. The summed E-state index contributed by atoms with van der Waals surface area (Å²) in [6.07, 6.45) is 5.26. The summed E-state index contributed by atoms with van der Waals surface area (Å²) in [5, 5.41) is 5.14. The molecule has 0 aromatic carbocycles. The van der Waals surface area contributed by atoms with Gasteiger partial charge in [0.25, 0.3) is 5.91 Å². The molecule has 0 spiro atoms. The fourth-order valence-electron chi connectivity index (χ4n) is 3.07. The van der Waals surface area contributed by atoms with Gasteiger partial charge in [0, 0.05) is 6.04 Å². The topological polar surface area (TPSA) is 29.1 Å². The van der Waals surface area contributed by atoms with E-state index >= 15 is 0 Å².